The van der Waals surface area contributed by atoms with Crippen LogP contribution < -0.4 is 0 Å². The van der Waals surface area contributed by atoms with Crippen molar-refractivity contribution >= 4 is 0 Å². The molecule has 2 unspecified atom stereocenters. The topological polar surface area (TPSA) is 18.5 Å². The van der Waals surface area contributed by atoms with Crippen LogP contribution in [-0.2, 0) is 15.1 Å². The molecule has 0 amide bonds. The van der Waals surface area contributed by atoms with Crippen molar-refractivity contribution in [2.45, 2.75) is 58.3 Å². The third-order valence-electron chi connectivity index (χ3n) is 3.92. The van der Waals surface area contributed by atoms with Crippen molar-refractivity contribution in [1.29, 1.82) is 0 Å². The first-order valence-electron chi connectivity index (χ1n) is 7.01. The molecule has 0 aliphatic carbocycles. The normalized spacial score (nSPS) is 23.6. The lowest BCUT2D eigenvalue weighted by Crippen LogP contribution is -2.34. The smallest absolute Gasteiger partial charge is 0.158 e. The molecule has 0 N–H and O–H groups in total. The molecule has 1 aromatic rings. The van der Waals surface area contributed by atoms with Crippen LogP contribution in [0.3, 0.4) is 0 Å². The standard InChI is InChI=1S/C16H24O2/c1-4-16(3,14-10-6-5-9-13(14)2)18-15-11-7-8-12-17-15/h5-6,9-10,15H,4,7-8,11-12H2,1-3H3. The minimum absolute atomic E-state index is 0.0386. The molecule has 0 saturated carbocycles. The molecular formula is C16H24O2. The summed E-state index contributed by atoms with van der Waals surface area (Å²) in [6.07, 6.45) is 4.30. The van der Waals surface area contributed by atoms with Gasteiger partial charge in [0.25, 0.3) is 0 Å². The van der Waals surface area contributed by atoms with E-state index in [9.17, 15) is 0 Å². The summed E-state index contributed by atoms with van der Waals surface area (Å²) >= 11 is 0. The van der Waals surface area contributed by atoms with Crippen molar-refractivity contribution in [2.24, 2.45) is 0 Å². The molecule has 0 aromatic heterocycles. The van der Waals surface area contributed by atoms with Crippen molar-refractivity contribution in [3.63, 3.8) is 0 Å². The summed E-state index contributed by atoms with van der Waals surface area (Å²) in [4.78, 5) is 0. The van der Waals surface area contributed by atoms with Crippen LogP contribution in [0.5, 0.6) is 0 Å². The molecule has 0 spiro atoms. The Hall–Kier alpha value is -0.860. The van der Waals surface area contributed by atoms with Crippen molar-refractivity contribution in [2.75, 3.05) is 6.61 Å². The van der Waals surface area contributed by atoms with E-state index in [2.05, 4.69) is 45.0 Å². The van der Waals surface area contributed by atoms with Gasteiger partial charge in [0, 0.05) is 6.61 Å². The lowest BCUT2D eigenvalue weighted by molar-refractivity contribution is -0.225. The maximum absolute atomic E-state index is 6.27. The van der Waals surface area contributed by atoms with Crippen molar-refractivity contribution in [1.82, 2.24) is 0 Å². The number of aryl methyl sites for hydroxylation is 1. The van der Waals surface area contributed by atoms with Crippen molar-refractivity contribution in [3.05, 3.63) is 35.4 Å². The van der Waals surface area contributed by atoms with Crippen LogP contribution >= 0.6 is 0 Å². The average Bonchev–Trinajstić information content (AvgIpc) is 2.40. The highest BCUT2D eigenvalue weighted by molar-refractivity contribution is 5.30. The summed E-state index contributed by atoms with van der Waals surface area (Å²) in [5, 5.41) is 0. The Kier molecular flexibility index (Phi) is 4.41. The van der Waals surface area contributed by atoms with Crippen LogP contribution in [0.1, 0.15) is 50.7 Å². The largest absolute Gasteiger partial charge is 0.353 e. The van der Waals surface area contributed by atoms with Crippen LogP contribution in [0.15, 0.2) is 24.3 Å². The molecule has 18 heavy (non-hydrogen) atoms. The number of hydrogen-bond donors (Lipinski definition) is 0. The fraction of sp³-hybridized carbons (Fsp3) is 0.625. The molecule has 2 heteroatoms. The third-order valence-corrected chi connectivity index (χ3v) is 3.92. The Balaban J connectivity index is 2.16. The number of benzene rings is 1. The second-order valence-corrected chi connectivity index (χ2v) is 5.31. The summed E-state index contributed by atoms with van der Waals surface area (Å²) < 4.78 is 12.0. The van der Waals surface area contributed by atoms with Crippen LogP contribution in [-0.4, -0.2) is 12.9 Å². The van der Waals surface area contributed by atoms with E-state index < -0.39 is 0 Å². The summed E-state index contributed by atoms with van der Waals surface area (Å²) in [5.41, 5.74) is 2.33. The fourth-order valence-corrected chi connectivity index (χ4v) is 2.60. The first kappa shape index (κ1) is 13.6. The monoisotopic (exact) mass is 248 g/mol. The fourth-order valence-electron chi connectivity index (χ4n) is 2.60. The zero-order valence-electron chi connectivity index (χ0n) is 11.7. The van der Waals surface area contributed by atoms with E-state index in [1.165, 1.54) is 17.5 Å². The van der Waals surface area contributed by atoms with Crippen LogP contribution in [0.2, 0.25) is 0 Å². The van der Waals surface area contributed by atoms with Gasteiger partial charge in [0.2, 0.25) is 0 Å². The summed E-state index contributed by atoms with van der Waals surface area (Å²) in [6, 6.07) is 8.48. The summed E-state index contributed by atoms with van der Waals surface area (Å²) in [6.45, 7) is 7.33. The first-order valence-corrected chi connectivity index (χ1v) is 7.01. The molecule has 2 nitrogen and oxygen atoms in total. The summed E-state index contributed by atoms with van der Waals surface area (Å²) in [5.74, 6) is 0. The minimum Gasteiger partial charge on any atom is -0.353 e. The highest BCUT2D eigenvalue weighted by Crippen LogP contribution is 2.34. The zero-order chi connectivity index (χ0) is 13.0. The summed E-state index contributed by atoms with van der Waals surface area (Å²) in [7, 11) is 0. The van der Waals surface area contributed by atoms with Crippen molar-refractivity contribution in [3.8, 4) is 0 Å². The van der Waals surface area contributed by atoms with Crippen LogP contribution in [0.25, 0.3) is 0 Å². The SMILES string of the molecule is CCC(C)(OC1CCCCO1)c1ccccc1C. The molecule has 0 bridgehead atoms. The Morgan fingerprint density at radius 1 is 1.33 bits per heavy atom. The van der Waals surface area contributed by atoms with Crippen molar-refractivity contribution < 1.29 is 9.47 Å². The molecule has 1 heterocycles. The molecule has 2 rings (SSSR count). The number of hydrogen-bond acceptors (Lipinski definition) is 2. The Labute approximate surface area is 110 Å². The van der Waals surface area contributed by atoms with Gasteiger partial charge < -0.3 is 9.47 Å². The minimum atomic E-state index is -0.243. The van der Waals surface area contributed by atoms with E-state index in [1.807, 2.05) is 0 Å². The van der Waals surface area contributed by atoms with Gasteiger partial charge in [0.05, 0.1) is 5.60 Å². The van der Waals surface area contributed by atoms with E-state index in [4.69, 9.17) is 9.47 Å². The second-order valence-electron chi connectivity index (χ2n) is 5.31. The van der Waals surface area contributed by atoms with Crippen LogP contribution in [0.4, 0.5) is 0 Å². The molecule has 100 valence electrons. The highest BCUT2D eigenvalue weighted by atomic mass is 16.7. The van der Waals surface area contributed by atoms with Gasteiger partial charge in [0.1, 0.15) is 0 Å². The third kappa shape index (κ3) is 2.93. The highest BCUT2D eigenvalue weighted by Gasteiger charge is 2.31. The molecule has 1 aliphatic heterocycles. The van der Waals surface area contributed by atoms with Gasteiger partial charge in [-0.25, -0.2) is 0 Å². The van der Waals surface area contributed by atoms with Gasteiger partial charge in [-0.2, -0.15) is 0 Å². The number of rotatable bonds is 4. The Morgan fingerprint density at radius 3 is 2.72 bits per heavy atom. The quantitative estimate of drug-likeness (QED) is 0.796. The molecule has 0 radical (unpaired) electrons. The number of ether oxygens (including phenoxy) is 2. The average molecular weight is 248 g/mol. The maximum atomic E-state index is 6.27. The van der Waals surface area contributed by atoms with Gasteiger partial charge in [-0.05, 0) is 50.7 Å². The van der Waals surface area contributed by atoms with E-state index in [0.717, 1.165) is 25.9 Å². The van der Waals surface area contributed by atoms with Gasteiger partial charge in [-0.15, -0.1) is 0 Å². The Bertz CT molecular complexity index is 382. The molecular weight excluding hydrogens is 224 g/mol. The van der Waals surface area contributed by atoms with Gasteiger partial charge in [-0.1, -0.05) is 31.2 Å². The van der Waals surface area contributed by atoms with E-state index in [1.54, 1.807) is 0 Å². The molecule has 1 saturated heterocycles. The van der Waals surface area contributed by atoms with E-state index in [-0.39, 0.29) is 11.9 Å². The van der Waals surface area contributed by atoms with Crippen LogP contribution in [0, 0.1) is 6.92 Å². The Morgan fingerprint density at radius 2 is 2.11 bits per heavy atom. The lowest BCUT2D eigenvalue weighted by Gasteiger charge is -2.36. The van der Waals surface area contributed by atoms with Gasteiger partial charge in [-0.3, -0.25) is 0 Å². The molecule has 2 atom stereocenters. The van der Waals surface area contributed by atoms with E-state index in [0.29, 0.717) is 0 Å². The maximum Gasteiger partial charge on any atom is 0.158 e. The van der Waals surface area contributed by atoms with E-state index >= 15 is 0 Å². The molecule has 1 aromatic carbocycles. The zero-order valence-corrected chi connectivity index (χ0v) is 11.7. The van der Waals surface area contributed by atoms with Gasteiger partial charge in [0.15, 0.2) is 6.29 Å². The lowest BCUT2D eigenvalue weighted by atomic mass is 9.89. The predicted molar refractivity (Wildman–Crippen MR) is 73.5 cm³/mol. The molecule has 1 fully saturated rings. The first-order chi connectivity index (χ1) is 8.65. The second kappa shape index (κ2) is 5.85. The molecule has 1 aliphatic rings. The predicted octanol–water partition coefficient (Wildman–Crippen LogP) is 4.16. The van der Waals surface area contributed by atoms with Gasteiger partial charge >= 0.3 is 0 Å².